The van der Waals surface area contributed by atoms with Crippen molar-refractivity contribution < 1.29 is 14.3 Å². The number of nitriles is 1. The van der Waals surface area contributed by atoms with Crippen LogP contribution in [-0.2, 0) is 11.3 Å². The first kappa shape index (κ1) is 17.4. The molecule has 0 saturated carbocycles. The lowest BCUT2D eigenvalue weighted by Gasteiger charge is -2.21. The molecule has 0 unspecified atom stereocenters. The molecule has 0 N–H and O–H groups in total. The van der Waals surface area contributed by atoms with Gasteiger partial charge in [0.2, 0.25) is 0 Å². The number of amides is 1. The summed E-state index contributed by atoms with van der Waals surface area (Å²) < 4.78 is 10.6. The summed E-state index contributed by atoms with van der Waals surface area (Å²) in [5, 5.41) is 8.76. The fraction of sp³-hybridized carbons (Fsp3) is 0.263. The van der Waals surface area contributed by atoms with Crippen LogP contribution in [0.25, 0.3) is 0 Å². The van der Waals surface area contributed by atoms with E-state index in [1.165, 1.54) is 0 Å². The van der Waals surface area contributed by atoms with Crippen LogP contribution in [-0.4, -0.2) is 31.1 Å². The topological polar surface area (TPSA) is 62.6 Å². The van der Waals surface area contributed by atoms with Crippen LogP contribution in [0.2, 0.25) is 0 Å². The quantitative estimate of drug-likeness (QED) is 0.785. The molecule has 2 rings (SSSR count). The summed E-state index contributed by atoms with van der Waals surface area (Å²) in [6.07, 6.45) is 0. The average molecular weight is 324 g/mol. The molecule has 1 amide bonds. The van der Waals surface area contributed by atoms with Crippen molar-refractivity contribution >= 4 is 5.91 Å². The van der Waals surface area contributed by atoms with E-state index in [2.05, 4.69) is 0 Å². The number of rotatable bonds is 7. The molecule has 2 aromatic carbocycles. The molecule has 0 aliphatic heterocycles. The van der Waals surface area contributed by atoms with Crippen LogP contribution < -0.4 is 9.47 Å². The van der Waals surface area contributed by atoms with Gasteiger partial charge in [-0.1, -0.05) is 12.1 Å². The van der Waals surface area contributed by atoms with Crippen LogP contribution in [0.4, 0.5) is 0 Å². The summed E-state index contributed by atoms with van der Waals surface area (Å²) in [6.45, 7) is 3.02. The smallest absolute Gasteiger partial charge is 0.260 e. The highest BCUT2D eigenvalue weighted by atomic mass is 16.5. The molecular formula is C19H20N2O3. The Bertz CT molecular complexity index is 703. The second-order valence-corrected chi connectivity index (χ2v) is 5.18. The van der Waals surface area contributed by atoms with Crippen LogP contribution in [0.3, 0.4) is 0 Å². The zero-order chi connectivity index (χ0) is 17.4. The molecule has 0 fully saturated rings. The fourth-order valence-corrected chi connectivity index (χ4v) is 2.19. The maximum Gasteiger partial charge on any atom is 0.260 e. The Hall–Kier alpha value is -3.00. The summed E-state index contributed by atoms with van der Waals surface area (Å²) in [7, 11) is 1.62. The minimum Gasteiger partial charge on any atom is -0.497 e. The van der Waals surface area contributed by atoms with E-state index in [4.69, 9.17) is 14.7 Å². The Morgan fingerprint density at radius 2 is 1.71 bits per heavy atom. The summed E-state index contributed by atoms with van der Waals surface area (Å²) in [4.78, 5) is 14.0. The Kier molecular flexibility index (Phi) is 6.21. The molecule has 124 valence electrons. The van der Waals surface area contributed by atoms with Gasteiger partial charge in [0.15, 0.2) is 6.61 Å². The predicted molar refractivity (Wildman–Crippen MR) is 90.7 cm³/mol. The Labute approximate surface area is 142 Å². The average Bonchev–Trinajstić information content (AvgIpc) is 2.65. The molecule has 0 radical (unpaired) electrons. The molecule has 5 nitrogen and oxygen atoms in total. The number of hydrogen-bond acceptors (Lipinski definition) is 4. The lowest BCUT2D eigenvalue weighted by atomic mass is 10.2. The van der Waals surface area contributed by atoms with Crippen molar-refractivity contribution in [1.82, 2.24) is 4.90 Å². The standard InChI is InChI=1S/C19H20N2O3/c1-3-21(13-16-6-8-17(23-2)9-7-16)19(22)14-24-18-10-4-15(12-20)5-11-18/h4-11H,3,13-14H2,1-2H3. The van der Waals surface area contributed by atoms with Gasteiger partial charge in [0, 0.05) is 13.1 Å². The maximum atomic E-state index is 12.3. The Balaban J connectivity index is 1.91. The minimum atomic E-state index is -0.0855. The van der Waals surface area contributed by atoms with Crippen LogP contribution in [0.15, 0.2) is 48.5 Å². The van der Waals surface area contributed by atoms with E-state index < -0.39 is 0 Å². The van der Waals surface area contributed by atoms with Gasteiger partial charge in [-0.2, -0.15) is 5.26 Å². The van der Waals surface area contributed by atoms with E-state index in [1.54, 1.807) is 36.3 Å². The Morgan fingerprint density at radius 1 is 1.08 bits per heavy atom. The summed E-state index contributed by atoms with van der Waals surface area (Å²) in [5.41, 5.74) is 1.59. The zero-order valence-electron chi connectivity index (χ0n) is 13.9. The minimum absolute atomic E-state index is 0.0319. The van der Waals surface area contributed by atoms with Crippen LogP contribution >= 0.6 is 0 Å². The number of carbonyl (C=O) groups excluding carboxylic acids is 1. The van der Waals surface area contributed by atoms with Crippen molar-refractivity contribution in [1.29, 1.82) is 5.26 Å². The van der Waals surface area contributed by atoms with Crippen molar-refractivity contribution in [2.24, 2.45) is 0 Å². The highest BCUT2D eigenvalue weighted by Crippen LogP contribution is 2.14. The summed E-state index contributed by atoms with van der Waals surface area (Å²) >= 11 is 0. The maximum absolute atomic E-state index is 12.3. The zero-order valence-corrected chi connectivity index (χ0v) is 13.9. The molecule has 5 heteroatoms. The monoisotopic (exact) mass is 324 g/mol. The lowest BCUT2D eigenvalue weighted by Crippen LogP contribution is -2.34. The van der Waals surface area contributed by atoms with Crippen LogP contribution in [0.5, 0.6) is 11.5 Å². The highest BCUT2D eigenvalue weighted by molar-refractivity contribution is 5.77. The predicted octanol–water partition coefficient (Wildman–Crippen LogP) is 2.99. The third kappa shape index (κ3) is 4.75. The lowest BCUT2D eigenvalue weighted by molar-refractivity contribution is -0.133. The SMILES string of the molecule is CCN(Cc1ccc(OC)cc1)C(=O)COc1ccc(C#N)cc1. The van der Waals surface area contributed by atoms with Crippen molar-refractivity contribution in [2.75, 3.05) is 20.3 Å². The van der Waals surface area contributed by atoms with E-state index in [-0.39, 0.29) is 12.5 Å². The molecule has 2 aromatic rings. The first-order chi connectivity index (χ1) is 11.7. The molecule has 0 aliphatic carbocycles. The molecule has 24 heavy (non-hydrogen) atoms. The van der Waals surface area contributed by atoms with Crippen molar-refractivity contribution in [3.8, 4) is 17.6 Å². The number of nitrogens with zero attached hydrogens (tertiary/aromatic N) is 2. The molecule has 0 heterocycles. The number of carbonyl (C=O) groups is 1. The second kappa shape index (κ2) is 8.59. The normalized spacial score (nSPS) is 9.88. The van der Waals surface area contributed by atoms with Crippen molar-refractivity contribution in [3.05, 3.63) is 59.7 Å². The van der Waals surface area contributed by atoms with Crippen LogP contribution in [0, 0.1) is 11.3 Å². The number of benzene rings is 2. The molecule has 0 aromatic heterocycles. The summed E-state index contributed by atoms with van der Waals surface area (Å²) in [6, 6.07) is 16.4. The fourth-order valence-electron chi connectivity index (χ4n) is 2.19. The second-order valence-electron chi connectivity index (χ2n) is 5.18. The van der Waals surface area contributed by atoms with Gasteiger partial charge in [0.1, 0.15) is 11.5 Å². The van der Waals surface area contributed by atoms with E-state index in [0.29, 0.717) is 24.4 Å². The van der Waals surface area contributed by atoms with Gasteiger partial charge in [0.05, 0.1) is 18.7 Å². The number of hydrogen-bond donors (Lipinski definition) is 0. The molecule has 0 bridgehead atoms. The van der Waals surface area contributed by atoms with E-state index >= 15 is 0 Å². The van der Waals surface area contributed by atoms with E-state index in [9.17, 15) is 4.79 Å². The van der Waals surface area contributed by atoms with Gasteiger partial charge in [-0.25, -0.2) is 0 Å². The van der Waals surface area contributed by atoms with E-state index in [1.807, 2.05) is 37.3 Å². The van der Waals surface area contributed by atoms with Crippen LogP contribution in [0.1, 0.15) is 18.1 Å². The summed E-state index contributed by atoms with van der Waals surface area (Å²) in [5.74, 6) is 1.28. The molecule has 0 spiro atoms. The number of ether oxygens (including phenoxy) is 2. The third-order valence-corrected chi connectivity index (χ3v) is 3.61. The van der Waals surface area contributed by atoms with Gasteiger partial charge in [0.25, 0.3) is 5.91 Å². The van der Waals surface area contributed by atoms with Gasteiger partial charge in [-0.15, -0.1) is 0 Å². The van der Waals surface area contributed by atoms with E-state index in [0.717, 1.165) is 11.3 Å². The Morgan fingerprint density at radius 3 is 2.25 bits per heavy atom. The molecular weight excluding hydrogens is 304 g/mol. The molecule has 0 saturated heterocycles. The molecule has 0 aliphatic rings. The first-order valence-corrected chi connectivity index (χ1v) is 7.70. The van der Waals surface area contributed by atoms with Crippen molar-refractivity contribution in [3.63, 3.8) is 0 Å². The van der Waals surface area contributed by atoms with Gasteiger partial charge in [-0.3, -0.25) is 4.79 Å². The van der Waals surface area contributed by atoms with Gasteiger partial charge in [-0.05, 0) is 48.9 Å². The van der Waals surface area contributed by atoms with Gasteiger partial charge >= 0.3 is 0 Å². The number of likely N-dealkylation sites (N-methyl/N-ethyl adjacent to an activating group) is 1. The molecule has 0 atom stereocenters. The third-order valence-electron chi connectivity index (χ3n) is 3.61. The first-order valence-electron chi connectivity index (χ1n) is 7.70. The number of methoxy groups -OCH3 is 1. The van der Waals surface area contributed by atoms with Gasteiger partial charge < -0.3 is 14.4 Å². The largest absolute Gasteiger partial charge is 0.497 e. The highest BCUT2D eigenvalue weighted by Gasteiger charge is 2.13. The van der Waals surface area contributed by atoms with Crippen molar-refractivity contribution in [2.45, 2.75) is 13.5 Å².